The first-order chi connectivity index (χ1) is 8.67. The van der Waals surface area contributed by atoms with E-state index in [9.17, 15) is 5.11 Å². The van der Waals surface area contributed by atoms with Crippen LogP contribution in [0.25, 0.3) is 10.9 Å². The van der Waals surface area contributed by atoms with E-state index in [-0.39, 0.29) is 0 Å². The average Bonchev–Trinajstić information content (AvgIpc) is 2.39. The summed E-state index contributed by atoms with van der Waals surface area (Å²) in [6.07, 6.45) is 1.67. The number of aryl methyl sites for hydroxylation is 1. The lowest BCUT2D eigenvalue weighted by Crippen LogP contribution is -2.35. The van der Waals surface area contributed by atoms with Gasteiger partial charge >= 0.3 is 0 Å². The lowest BCUT2D eigenvalue weighted by Gasteiger charge is -2.32. The summed E-state index contributed by atoms with van der Waals surface area (Å²) in [7, 11) is 0. The summed E-state index contributed by atoms with van der Waals surface area (Å²) < 4.78 is 5.41. The maximum absolute atomic E-state index is 10.6. The smallest absolute Gasteiger partial charge is 0.113 e. The van der Waals surface area contributed by atoms with Crippen molar-refractivity contribution in [1.29, 1.82) is 0 Å². The van der Waals surface area contributed by atoms with Crippen molar-refractivity contribution in [3.8, 4) is 0 Å². The Kier molecular flexibility index (Phi) is 2.80. The van der Waals surface area contributed by atoms with E-state index in [2.05, 4.69) is 4.98 Å². The second kappa shape index (κ2) is 4.34. The Hall–Kier alpha value is -1.45. The van der Waals surface area contributed by atoms with Gasteiger partial charge in [0.2, 0.25) is 0 Å². The van der Waals surface area contributed by atoms with Crippen molar-refractivity contribution in [2.75, 3.05) is 13.2 Å². The Labute approximate surface area is 106 Å². The number of pyridine rings is 1. The van der Waals surface area contributed by atoms with E-state index in [0.717, 1.165) is 41.6 Å². The second-order valence-electron chi connectivity index (χ2n) is 5.05. The van der Waals surface area contributed by atoms with E-state index in [4.69, 9.17) is 4.74 Å². The zero-order valence-electron chi connectivity index (χ0n) is 10.5. The third kappa shape index (κ3) is 2.00. The maximum Gasteiger partial charge on any atom is 0.113 e. The normalized spacial score (nSPS) is 24.3. The molecule has 1 fully saturated rings. The maximum atomic E-state index is 10.6. The van der Waals surface area contributed by atoms with Crippen LogP contribution in [0.3, 0.4) is 0 Å². The number of aliphatic hydroxyl groups is 1. The number of hydrogen-bond donors (Lipinski definition) is 1. The Bertz CT molecular complexity index is 574. The lowest BCUT2D eigenvalue weighted by atomic mass is 9.88. The molecule has 0 saturated carbocycles. The number of ether oxygens (including phenoxy) is 1. The van der Waals surface area contributed by atoms with Crippen molar-refractivity contribution < 1.29 is 9.84 Å². The van der Waals surface area contributed by atoms with Crippen LogP contribution in [0.5, 0.6) is 0 Å². The number of fused-ring (bicyclic) bond motifs is 1. The fourth-order valence-electron chi connectivity index (χ4n) is 2.52. The van der Waals surface area contributed by atoms with Crippen LogP contribution in [0.15, 0.2) is 30.3 Å². The van der Waals surface area contributed by atoms with Gasteiger partial charge in [-0.25, -0.2) is 0 Å². The van der Waals surface area contributed by atoms with Gasteiger partial charge in [0, 0.05) is 17.7 Å². The lowest BCUT2D eigenvalue weighted by molar-refractivity contribution is -0.0902. The fraction of sp³-hybridized carbons (Fsp3) is 0.400. The predicted octanol–water partition coefficient (Wildman–Crippen LogP) is 2.54. The van der Waals surface area contributed by atoms with E-state index in [1.807, 2.05) is 37.3 Å². The van der Waals surface area contributed by atoms with Gasteiger partial charge in [0.1, 0.15) is 5.60 Å². The zero-order chi connectivity index (χ0) is 12.6. The molecule has 0 radical (unpaired) electrons. The molecule has 1 aromatic carbocycles. The number of nitrogens with zero attached hydrogens (tertiary/aromatic N) is 1. The molecule has 3 nitrogen and oxygen atoms in total. The molecule has 1 aromatic heterocycles. The second-order valence-corrected chi connectivity index (χ2v) is 5.05. The van der Waals surface area contributed by atoms with Crippen molar-refractivity contribution >= 4 is 10.9 Å². The minimum Gasteiger partial charge on any atom is -0.383 e. The molecule has 2 heterocycles. The van der Waals surface area contributed by atoms with E-state index in [1.165, 1.54) is 0 Å². The molecule has 0 bridgehead atoms. The van der Waals surface area contributed by atoms with Crippen LogP contribution in [0, 0.1) is 6.92 Å². The van der Waals surface area contributed by atoms with Crippen LogP contribution in [0.4, 0.5) is 0 Å². The molecular weight excluding hydrogens is 226 g/mol. The molecule has 3 rings (SSSR count). The molecule has 1 saturated heterocycles. The molecule has 0 aliphatic carbocycles. The summed E-state index contributed by atoms with van der Waals surface area (Å²) in [5, 5.41) is 11.7. The Morgan fingerprint density at radius 2 is 2.17 bits per heavy atom. The van der Waals surface area contributed by atoms with Gasteiger partial charge in [-0.05, 0) is 43.5 Å². The molecule has 1 unspecified atom stereocenters. The SMILES string of the molecule is Cc1ccc2cc(C3(O)CCCOC3)ccc2n1. The van der Waals surface area contributed by atoms with Gasteiger partial charge in [0.15, 0.2) is 0 Å². The Balaban J connectivity index is 2.05. The molecule has 0 spiro atoms. The van der Waals surface area contributed by atoms with E-state index < -0.39 is 5.60 Å². The van der Waals surface area contributed by atoms with Gasteiger partial charge in [-0.1, -0.05) is 12.1 Å². The van der Waals surface area contributed by atoms with Crippen molar-refractivity contribution in [2.24, 2.45) is 0 Å². The van der Waals surface area contributed by atoms with Gasteiger partial charge in [-0.2, -0.15) is 0 Å². The van der Waals surface area contributed by atoms with Gasteiger partial charge in [0.05, 0.1) is 12.1 Å². The molecule has 1 N–H and O–H groups in total. The van der Waals surface area contributed by atoms with Gasteiger partial charge in [-0.3, -0.25) is 4.98 Å². The first kappa shape index (κ1) is 11.6. The molecular formula is C15H17NO2. The van der Waals surface area contributed by atoms with Crippen LogP contribution in [0.1, 0.15) is 24.1 Å². The van der Waals surface area contributed by atoms with E-state index >= 15 is 0 Å². The number of rotatable bonds is 1. The highest BCUT2D eigenvalue weighted by Crippen LogP contribution is 2.31. The topological polar surface area (TPSA) is 42.4 Å². The van der Waals surface area contributed by atoms with Crippen LogP contribution in [0.2, 0.25) is 0 Å². The first-order valence-electron chi connectivity index (χ1n) is 6.35. The highest BCUT2D eigenvalue weighted by Gasteiger charge is 2.32. The molecule has 1 atom stereocenters. The van der Waals surface area contributed by atoms with Crippen molar-refractivity contribution in [1.82, 2.24) is 4.98 Å². The van der Waals surface area contributed by atoms with Crippen molar-refractivity contribution in [2.45, 2.75) is 25.4 Å². The number of hydrogen-bond acceptors (Lipinski definition) is 3. The van der Waals surface area contributed by atoms with Crippen molar-refractivity contribution in [3.05, 3.63) is 41.6 Å². The summed E-state index contributed by atoms with van der Waals surface area (Å²) in [5.41, 5.74) is 2.08. The molecule has 3 heteroatoms. The monoisotopic (exact) mass is 243 g/mol. The number of aromatic nitrogens is 1. The van der Waals surface area contributed by atoms with Crippen LogP contribution in [-0.2, 0) is 10.3 Å². The minimum atomic E-state index is -0.836. The van der Waals surface area contributed by atoms with E-state index in [1.54, 1.807) is 0 Å². The highest BCUT2D eigenvalue weighted by molar-refractivity contribution is 5.79. The third-order valence-corrected chi connectivity index (χ3v) is 3.59. The molecule has 1 aliphatic heterocycles. The van der Waals surface area contributed by atoms with Gasteiger partial charge < -0.3 is 9.84 Å². The Morgan fingerprint density at radius 3 is 2.94 bits per heavy atom. The van der Waals surface area contributed by atoms with Crippen molar-refractivity contribution in [3.63, 3.8) is 0 Å². The van der Waals surface area contributed by atoms with Gasteiger partial charge in [0.25, 0.3) is 0 Å². The summed E-state index contributed by atoms with van der Waals surface area (Å²) in [5.74, 6) is 0. The summed E-state index contributed by atoms with van der Waals surface area (Å²) >= 11 is 0. The zero-order valence-corrected chi connectivity index (χ0v) is 10.5. The number of benzene rings is 1. The van der Waals surface area contributed by atoms with Crippen LogP contribution < -0.4 is 0 Å². The molecule has 18 heavy (non-hydrogen) atoms. The molecule has 1 aliphatic rings. The molecule has 2 aromatic rings. The summed E-state index contributed by atoms with van der Waals surface area (Å²) in [6.45, 7) is 3.12. The summed E-state index contributed by atoms with van der Waals surface area (Å²) in [4.78, 5) is 4.47. The molecule has 0 amide bonds. The quantitative estimate of drug-likeness (QED) is 0.837. The third-order valence-electron chi connectivity index (χ3n) is 3.59. The average molecular weight is 243 g/mol. The van der Waals surface area contributed by atoms with Gasteiger partial charge in [-0.15, -0.1) is 0 Å². The van der Waals surface area contributed by atoms with Crippen LogP contribution >= 0.6 is 0 Å². The fourth-order valence-corrected chi connectivity index (χ4v) is 2.52. The Morgan fingerprint density at radius 1 is 1.28 bits per heavy atom. The van der Waals surface area contributed by atoms with E-state index in [0.29, 0.717) is 6.61 Å². The minimum absolute atomic E-state index is 0.387. The molecule has 94 valence electrons. The predicted molar refractivity (Wildman–Crippen MR) is 70.4 cm³/mol. The largest absolute Gasteiger partial charge is 0.383 e. The highest BCUT2D eigenvalue weighted by atomic mass is 16.5. The first-order valence-corrected chi connectivity index (χ1v) is 6.35. The van der Waals surface area contributed by atoms with Crippen LogP contribution in [-0.4, -0.2) is 23.3 Å². The summed E-state index contributed by atoms with van der Waals surface area (Å²) in [6, 6.07) is 10.0. The standard InChI is InChI=1S/C15H17NO2/c1-11-3-4-12-9-13(5-6-14(12)16-11)15(17)7-2-8-18-10-15/h3-6,9,17H,2,7-8,10H2,1H3.